The molecule has 0 saturated carbocycles. The van der Waals surface area contributed by atoms with Crippen LogP contribution in [0.15, 0.2) is 11.4 Å². The summed E-state index contributed by atoms with van der Waals surface area (Å²) < 4.78 is 0. The van der Waals surface area contributed by atoms with E-state index in [0.717, 1.165) is 12.1 Å². The Hall–Kier alpha value is -0.740. The van der Waals surface area contributed by atoms with Crippen molar-refractivity contribution < 1.29 is 0 Å². The molecule has 0 heterocycles. The predicted molar refractivity (Wildman–Crippen MR) is 80.1 cm³/mol. The van der Waals surface area contributed by atoms with Crippen LogP contribution in [0.25, 0.3) is 0 Å². The molecule has 0 aromatic carbocycles. The van der Waals surface area contributed by atoms with Crippen molar-refractivity contribution in [1.29, 1.82) is 0 Å². The summed E-state index contributed by atoms with van der Waals surface area (Å²) in [6.45, 7) is 9.55. The normalized spacial score (nSPS) is 14.8. The molecule has 4 nitrogen and oxygen atoms in total. The summed E-state index contributed by atoms with van der Waals surface area (Å²) in [4.78, 5) is 4.36. The van der Waals surface area contributed by atoms with Crippen LogP contribution in [-0.4, -0.2) is 50.1 Å². The first kappa shape index (κ1) is 17.3. The predicted octanol–water partition coefficient (Wildman–Crippen LogP) is 1.43. The molecule has 18 heavy (non-hydrogen) atoms. The third-order valence-electron chi connectivity index (χ3n) is 4.40. The summed E-state index contributed by atoms with van der Waals surface area (Å²) in [6, 6.07) is 0. The fraction of sp³-hybridized carbons (Fsp3) is 0.857. The van der Waals surface area contributed by atoms with Crippen molar-refractivity contribution in [1.82, 2.24) is 9.80 Å². The van der Waals surface area contributed by atoms with Crippen LogP contribution in [0.3, 0.4) is 0 Å². The van der Waals surface area contributed by atoms with Gasteiger partial charge in [0, 0.05) is 42.9 Å². The lowest BCUT2D eigenvalue weighted by molar-refractivity contribution is 0.0594. The highest BCUT2D eigenvalue weighted by molar-refractivity contribution is 5.22. The van der Waals surface area contributed by atoms with Gasteiger partial charge in [0.2, 0.25) is 0 Å². The van der Waals surface area contributed by atoms with Gasteiger partial charge in [-0.3, -0.25) is 0 Å². The molecular weight excluding hydrogens is 224 g/mol. The minimum Gasteiger partial charge on any atom is -0.401 e. The first-order valence-corrected chi connectivity index (χ1v) is 6.54. The molecule has 4 heteroatoms. The second kappa shape index (κ2) is 5.93. The smallest absolute Gasteiger partial charge is 0.0394 e. The molecule has 0 unspecified atom stereocenters. The topological polar surface area (TPSA) is 58.5 Å². The van der Waals surface area contributed by atoms with Crippen molar-refractivity contribution in [2.45, 2.75) is 39.7 Å². The number of hydrogen-bond acceptors (Lipinski definition) is 4. The molecule has 0 saturated heterocycles. The Morgan fingerprint density at radius 2 is 1.44 bits per heavy atom. The standard InChI is InChI=1S/C14H32N4/c1-13(2,14(3,4)18(7)8)12(17(5)6)11(16)9-10-15/h9-10,15-16H2,1-8H3. The van der Waals surface area contributed by atoms with Crippen LogP contribution in [0.2, 0.25) is 0 Å². The zero-order valence-electron chi connectivity index (χ0n) is 13.5. The first-order chi connectivity index (χ1) is 8.00. The van der Waals surface area contributed by atoms with Crippen LogP contribution < -0.4 is 11.5 Å². The molecule has 0 aromatic rings. The highest BCUT2D eigenvalue weighted by atomic mass is 15.2. The van der Waals surface area contributed by atoms with Crippen LogP contribution in [0.1, 0.15) is 34.1 Å². The lowest BCUT2D eigenvalue weighted by Gasteiger charge is -2.50. The van der Waals surface area contributed by atoms with Gasteiger partial charge >= 0.3 is 0 Å². The van der Waals surface area contributed by atoms with Gasteiger partial charge in [0.15, 0.2) is 0 Å². The molecule has 0 aliphatic carbocycles. The molecular formula is C14H32N4. The molecule has 0 rings (SSSR count). The first-order valence-electron chi connectivity index (χ1n) is 6.54. The lowest BCUT2D eigenvalue weighted by Crippen LogP contribution is -2.53. The monoisotopic (exact) mass is 256 g/mol. The van der Waals surface area contributed by atoms with Crippen LogP contribution in [0, 0.1) is 5.41 Å². The maximum Gasteiger partial charge on any atom is 0.0394 e. The van der Waals surface area contributed by atoms with Crippen molar-refractivity contribution >= 4 is 0 Å². The van der Waals surface area contributed by atoms with E-state index in [-0.39, 0.29) is 11.0 Å². The summed E-state index contributed by atoms with van der Waals surface area (Å²) in [5.41, 5.74) is 13.9. The molecule has 0 bridgehead atoms. The minimum absolute atomic E-state index is 0.00811. The molecule has 108 valence electrons. The zero-order valence-corrected chi connectivity index (χ0v) is 13.5. The summed E-state index contributed by atoms with van der Waals surface area (Å²) in [6.07, 6.45) is 0.737. The van der Waals surface area contributed by atoms with E-state index >= 15 is 0 Å². The fourth-order valence-corrected chi connectivity index (χ4v) is 2.37. The zero-order chi connectivity index (χ0) is 14.7. The Bertz CT molecular complexity index is 301. The average Bonchev–Trinajstić information content (AvgIpc) is 2.15. The molecule has 0 aliphatic heterocycles. The van der Waals surface area contributed by atoms with Crippen LogP contribution in [0.4, 0.5) is 0 Å². The molecule has 0 spiro atoms. The molecule has 0 atom stereocenters. The third-order valence-corrected chi connectivity index (χ3v) is 4.40. The molecule has 4 N–H and O–H groups in total. The van der Waals surface area contributed by atoms with Gasteiger partial charge in [-0.25, -0.2) is 0 Å². The highest BCUT2D eigenvalue weighted by Crippen LogP contribution is 2.42. The number of hydrogen-bond donors (Lipinski definition) is 2. The van der Waals surface area contributed by atoms with E-state index in [0.29, 0.717) is 6.54 Å². The van der Waals surface area contributed by atoms with Crippen molar-refractivity contribution in [2.24, 2.45) is 16.9 Å². The van der Waals surface area contributed by atoms with E-state index < -0.39 is 0 Å². The van der Waals surface area contributed by atoms with Crippen LogP contribution in [0.5, 0.6) is 0 Å². The van der Waals surface area contributed by atoms with Crippen LogP contribution in [-0.2, 0) is 0 Å². The largest absolute Gasteiger partial charge is 0.401 e. The second-order valence-electron chi connectivity index (χ2n) is 6.39. The second-order valence-corrected chi connectivity index (χ2v) is 6.39. The van der Waals surface area contributed by atoms with E-state index in [1.54, 1.807) is 0 Å². The Balaban J connectivity index is 5.71. The fourth-order valence-electron chi connectivity index (χ4n) is 2.37. The Morgan fingerprint density at radius 3 is 1.72 bits per heavy atom. The number of rotatable bonds is 6. The number of nitrogens with zero attached hydrogens (tertiary/aromatic N) is 2. The molecule has 0 fully saturated rings. The molecule has 0 aliphatic rings. The van der Waals surface area contributed by atoms with Gasteiger partial charge in [-0.2, -0.15) is 0 Å². The quantitative estimate of drug-likeness (QED) is 0.755. The van der Waals surface area contributed by atoms with Gasteiger partial charge in [0.05, 0.1) is 0 Å². The summed E-state index contributed by atoms with van der Waals surface area (Å²) in [5.74, 6) is 0. The Labute approximate surface area is 113 Å². The van der Waals surface area contributed by atoms with Gasteiger partial charge in [0.1, 0.15) is 0 Å². The summed E-state index contributed by atoms with van der Waals surface area (Å²) in [5, 5.41) is 0. The molecule has 0 aromatic heterocycles. The van der Waals surface area contributed by atoms with Crippen molar-refractivity contribution in [3.05, 3.63) is 11.4 Å². The molecule has 0 radical (unpaired) electrons. The third kappa shape index (κ3) is 3.18. The Morgan fingerprint density at radius 1 is 1.00 bits per heavy atom. The van der Waals surface area contributed by atoms with Crippen molar-refractivity contribution in [3.63, 3.8) is 0 Å². The van der Waals surface area contributed by atoms with Gasteiger partial charge in [0.25, 0.3) is 0 Å². The van der Waals surface area contributed by atoms with Crippen LogP contribution >= 0.6 is 0 Å². The SMILES string of the molecule is CN(C)C(=C(N)CCN)C(C)(C)C(C)(C)N(C)C. The van der Waals surface area contributed by atoms with E-state index in [4.69, 9.17) is 11.5 Å². The minimum atomic E-state index is -0.0702. The van der Waals surface area contributed by atoms with Gasteiger partial charge in [-0.15, -0.1) is 0 Å². The van der Waals surface area contributed by atoms with E-state index in [9.17, 15) is 0 Å². The van der Waals surface area contributed by atoms with E-state index in [1.165, 1.54) is 5.70 Å². The lowest BCUT2D eigenvalue weighted by atomic mass is 9.70. The van der Waals surface area contributed by atoms with E-state index in [1.807, 2.05) is 14.1 Å². The maximum absolute atomic E-state index is 6.25. The van der Waals surface area contributed by atoms with Gasteiger partial charge in [-0.1, -0.05) is 13.8 Å². The van der Waals surface area contributed by atoms with Crippen molar-refractivity contribution in [2.75, 3.05) is 34.7 Å². The average molecular weight is 256 g/mol. The maximum atomic E-state index is 6.25. The van der Waals surface area contributed by atoms with Gasteiger partial charge < -0.3 is 21.3 Å². The Kier molecular flexibility index (Phi) is 5.69. The molecule has 0 amide bonds. The van der Waals surface area contributed by atoms with Gasteiger partial charge in [-0.05, 0) is 34.5 Å². The highest BCUT2D eigenvalue weighted by Gasteiger charge is 2.43. The summed E-state index contributed by atoms with van der Waals surface area (Å²) >= 11 is 0. The van der Waals surface area contributed by atoms with E-state index in [2.05, 4.69) is 51.6 Å². The summed E-state index contributed by atoms with van der Waals surface area (Å²) in [7, 11) is 8.31. The number of nitrogens with two attached hydrogens (primary N) is 2. The van der Waals surface area contributed by atoms with Crippen molar-refractivity contribution in [3.8, 4) is 0 Å².